The Morgan fingerprint density at radius 3 is 2.58 bits per heavy atom. The Morgan fingerprint density at radius 1 is 1.25 bits per heavy atom. The van der Waals surface area contributed by atoms with Crippen molar-refractivity contribution in [1.82, 2.24) is 0 Å². The summed E-state index contributed by atoms with van der Waals surface area (Å²) < 4.78 is 6.22. The fourth-order valence-corrected chi connectivity index (χ4v) is 6.05. The Labute approximate surface area is 147 Å². The van der Waals surface area contributed by atoms with Crippen LogP contribution in [-0.4, -0.2) is 11.6 Å². The van der Waals surface area contributed by atoms with Crippen LogP contribution in [0.3, 0.4) is 0 Å². The molecule has 0 bridgehead atoms. The highest BCUT2D eigenvalue weighted by molar-refractivity contribution is 5.67. The molecule has 0 aliphatic heterocycles. The number of hydrogen-bond donors (Lipinski definition) is 0. The molecule has 3 atom stereocenters. The van der Waals surface area contributed by atoms with Gasteiger partial charge < -0.3 is 4.74 Å². The summed E-state index contributed by atoms with van der Waals surface area (Å²) in [6.07, 6.45) is 11.6. The first-order valence-electron chi connectivity index (χ1n) is 9.73. The monoisotopic (exact) mass is 330 g/mol. The molecule has 2 heteroatoms. The summed E-state index contributed by atoms with van der Waals surface area (Å²) in [5, 5.41) is 0. The minimum atomic E-state index is -0.360. The van der Waals surface area contributed by atoms with Gasteiger partial charge in [0.1, 0.15) is 5.60 Å². The van der Waals surface area contributed by atoms with Gasteiger partial charge in [0.05, 0.1) is 0 Å². The van der Waals surface area contributed by atoms with Crippen LogP contribution in [0.15, 0.2) is 23.3 Å². The van der Waals surface area contributed by atoms with Crippen molar-refractivity contribution in [3.05, 3.63) is 23.3 Å². The van der Waals surface area contributed by atoms with E-state index in [4.69, 9.17) is 4.74 Å². The van der Waals surface area contributed by atoms with Crippen molar-refractivity contribution in [2.24, 2.45) is 22.7 Å². The Kier molecular flexibility index (Phi) is 4.25. The van der Waals surface area contributed by atoms with Gasteiger partial charge in [-0.25, -0.2) is 0 Å². The van der Waals surface area contributed by atoms with Gasteiger partial charge in [0.2, 0.25) is 0 Å². The first kappa shape index (κ1) is 17.8. The maximum absolute atomic E-state index is 12.0. The van der Waals surface area contributed by atoms with Crippen molar-refractivity contribution >= 4 is 5.97 Å². The number of rotatable bonds is 2. The van der Waals surface area contributed by atoms with E-state index >= 15 is 0 Å². The Morgan fingerprint density at radius 2 is 1.96 bits per heavy atom. The number of hydrogen-bond acceptors (Lipinski definition) is 2. The zero-order valence-electron chi connectivity index (χ0n) is 16.4. The van der Waals surface area contributed by atoms with Crippen LogP contribution in [0.5, 0.6) is 0 Å². The second-order valence-corrected chi connectivity index (χ2v) is 9.45. The molecule has 3 aliphatic carbocycles. The zero-order valence-corrected chi connectivity index (χ0v) is 16.4. The van der Waals surface area contributed by atoms with E-state index in [1.807, 2.05) is 0 Å². The smallest absolute Gasteiger partial charge is 0.303 e. The number of allylic oxidation sites excluding steroid dienone is 3. The van der Waals surface area contributed by atoms with Crippen LogP contribution in [0.4, 0.5) is 0 Å². The Balaban J connectivity index is 2.10. The summed E-state index contributed by atoms with van der Waals surface area (Å²) in [6.45, 7) is 13.2. The van der Waals surface area contributed by atoms with Crippen LogP contribution in [-0.2, 0) is 9.53 Å². The summed E-state index contributed by atoms with van der Waals surface area (Å²) in [4.78, 5) is 12.0. The van der Waals surface area contributed by atoms with Crippen molar-refractivity contribution < 1.29 is 9.53 Å². The Hall–Kier alpha value is -1.05. The van der Waals surface area contributed by atoms with Crippen LogP contribution in [0.1, 0.15) is 80.1 Å². The van der Waals surface area contributed by atoms with Crippen molar-refractivity contribution in [3.63, 3.8) is 0 Å². The maximum Gasteiger partial charge on any atom is 0.303 e. The van der Waals surface area contributed by atoms with Crippen molar-refractivity contribution in [2.75, 3.05) is 0 Å². The molecule has 0 unspecified atom stereocenters. The lowest BCUT2D eigenvalue weighted by atomic mass is 9.44. The lowest BCUT2D eigenvalue weighted by molar-refractivity contribution is -0.230. The van der Waals surface area contributed by atoms with E-state index in [0.717, 1.165) is 19.3 Å². The average molecular weight is 331 g/mol. The van der Waals surface area contributed by atoms with Crippen molar-refractivity contribution in [1.29, 1.82) is 0 Å². The molecule has 0 radical (unpaired) electrons. The van der Waals surface area contributed by atoms with Crippen molar-refractivity contribution in [2.45, 2.75) is 85.7 Å². The molecule has 0 N–H and O–H groups in total. The predicted molar refractivity (Wildman–Crippen MR) is 98.6 cm³/mol. The van der Waals surface area contributed by atoms with Gasteiger partial charge in [-0.2, -0.15) is 0 Å². The number of carbonyl (C=O) groups is 1. The average Bonchev–Trinajstić information content (AvgIpc) is 2.48. The molecule has 0 aromatic heterocycles. The maximum atomic E-state index is 12.0. The molecule has 1 fully saturated rings. The largest absolute Gasteiger partial charge is 0.458 e. The molecule has 0 saturated heterocycles. The molecule has 3 aliphatic rings. The lowest BCUT2D eigenvalue weighted by Gasteiger charge is -2.64. The fraction of sp³-hybridized carbons (Fsp3) is 0.773. The molecular weight excluding hydrogens is 296 g/mol. The van der Waals surface area contributed by atoms with Gasteiger partial charge in [-0.3, -0.25) is 4.79 Å². The molecule has 0 aromatic rings. The molecule has 0 heterocycles. The first-order valence-corrected chi connectivity index (χ1v) is 9.73. The number of esters is 1. The molecule has 1 saturated carbocycles. The third-order valence-electron chi connectivity index (χ3n) is 7.44. The minimum absolute atomic E-state index is 0.0236. The highest BCUT2D eigenvalue weighted by Gasteiger charge is 2.65. The van der Waals surface area contributed by atoms with E-state index in [1.165, 1.54) is 24.8 Å². The van der Waals surface area contributed by atoms with Crippen LogP contribution >= 0.6 is 0 Å². The minimum Gasteiger partial charge on any atom is -0.458 e. The van der Waals surface area contributed by atoms with E-state index in [-0.39, 0.29) is 22.4 Å². The normalized spacial score (nSPS) is 37.9. The molecule has 24 heavy (non-hydrogen) atoms. The summed E-state index contributed by atoms with van der Waals surface area (Å²) in [6, 6.07) is 0. The van der Waals surface area contributed by atoms with E-state index in [9.17, 15) is 4.79 Å². The third kappa shape index (κ3) is 2.40. The summed E-state index contributed by atoms with van der Waals surface area (Å²) in [7, 11) is 0. The summed E-state index contributed by atoms with van der Waals surface area (Å²) >= 11 is 0. The van der Waals surface area contributed by atoms with E-state index in [1.54, 1.807) is 12.5 Å². The molecule has 0 spiro atoms. The highest BCUT2D eigenvalue weighted by atomic mass is 16.6. The highest BCUT2D eigenvalue weighted by Crippen LogP contribution is 2.65. The summed E-state index contributed by atoms with van der Waals surface area (Å²) in [5.41, 5.74) is 2.80. The second-order valence-electron chi connectivity index (χ2n) is 9.45. The van der Waals surface area contributed by atoms with Gasteiger partial charge in [-0.15, -0.1) is 0 Å². The standard InChI is InChI=1S/C22H34O2/c1-15(2)17-8-9-19-18(14-17)10-13-22(24-16(3)23)20(4,5)11-7-12-21(19,22)6/h10,14-15,19H,7-9,11-13H2,1-6H3/t19-,21+,22+/m0/s1. The topological polar surface area (TPSA) is 26.3 Å². The van der Waals surface area contributed by atoms with Gasteiger partial charge in [0.15, 0.2) is 0 Å². The third-order valence-corrected chi connectivity index (χ3v) is 7.44. The van der Waals surface area contributed by atoms with Crippen LogP contribution in [0, 0.1) is 22.7 Å². The zero-order chi connectivity index (χ0) is 17.8. The summed E-state index contributed by atoms with van der Waals surface area (Å²) in [5.74, 6) is 1.03. The predicted octanol–water partition coefficient (Wildman–Crippen LogP) is 5.83. The van der Waals surface area contributed by atoms with E-state index < -0.39 is 0 Å². The van der Waals surface area contributed by atoms with Crippen LogP contribution in [0.25, 0.3) is 0 Å². The Bertz CT molecular complexity index is 595. The van der Waals surface area contributed by atoms with E-state index in [0.29, 0.717) is 11.8 Å². The van der Waals surface area contributed by atoms with Gasteiger partial charge >= 0.3 is 5.97 Å². The van der Waals surface area contributed by atoms with Crippen LogP contribution in [0.2, 0.25) is 0 Å². The molecule has 2 nitrogen and oxygen atoms in total. The molecule has 0 amide bonds. The molecule has 0 aromatic carbocycles. The van der Waals surface area contributed by atoms with Gasteiger partial charge in [-0.05, 0) is 43.1 Å². The first-order chi connectivity index (χ1) is 11.1. The number of fused-ring (bicyclic) bond motifs is 3. The SMILES string of the molecule is CC(=O)O[C@@]12CC=C3C=C(C(C)C)CC[C@@H]3[C@@]1(C)CCCC2(C)C. The lowest BCUT2D eigenvalue weighted by Crippen LogP contribution is -2.65. The number of ether oxygens (including phenoxy) is 1. The van der Waals surface area contributed by atoms with Gasteiger partial charge in [-0.1, -0.05) is 58.8 Å². The molecule has 134 valence electrons. The van der Waals surface area contributed by atoms with Crippen molar-refractivity contribution in [3.8, 4) is 0 Å². The fourth-order valence-electron chi connectivity index (χ4n) is 6.05. The molecular formula is C22H34O2. The number of carbonyl (C=O) groups excluding carboxylic acids is 1. The van der Waals surface area contributed by atoms with Gasteiger partial charge in [0, 0.05) is 24.2 Å². The van der Waals surface area contributed by atoms with Crippen LogP contribution < -0.4 is 0 Å². The quantitative estimate of drug-likeness (QED) is 0.596. The second kappa shape index (κ2) is 5.75. The van der Waals surface area contributed by atoms with E-state index in [2.05, 4.69) is 46.8 Å². The molecule has 3 rings (SSSR count). The van der Waals surface area contributed by atoms with Gasteiger partial charge in [0.25, 0.3) is 0 Å².